The van der Waals surface area contributed by atoms with Crippen molar-refractivity contribution >= 4 is 17.0 Å². The molecule has 0 bridgehead atoms. The molecule has 4 heterocycles. The highest BCUT2D eigenvalue weighted by Crippen LogP contribution is 2.25. The van der Waals surface area contributed by atoms with Crippen LogP contribution in [-0.4, -0.2) is 24.6 Å². The SMILES string of the molecule is Cc1c(-c2ccccc2)[nH]n2c(=O)cc(Cc3csc(-c4cccnc4)n3)nc12. The fraction of sp³-hybridized carbons (Fsp3) is 0.0909. The Balaban J connectivity index is 1.51. The van der Waals surface area contributed by atoms with Gasteiger partial charge in [0.2, 0.25) is 0 Å². The minimum atomic E-state index is -0.127. The summed E-state index contributed by atoms with van der Waals surface area (Å²) in [7, 11) is 0. The number of pyridine rings is 1. The third kappa shape index (κ3) is 3.25. The molecule has 0 saturated heterocycles. The molecule has 0 amide bonds. The van der Waals surface area contributed by atoms with Crippen molar-refractivity contribution in [2.24, 2.45) is 0 Å². The predicted octanol–water partition coefficient (Wildman–Crippen LogP) is 4.11. The summed E-state index contributed by atoms with van der Waals surface area (Å²) < 4.78 is 1.50. The quantitative estimate of drug-likeness (QED) is 0.493. The summed E-state index contributed by atoms with van der Waals surface area (Å²) in [6, 6.07) is 15.4. The van der Waals surface area contributed by atoms with Crippen LogP contribution in [0.15, 0.2) is 71.1 Å². The molecule has 0 atom stereocenters. The number of nitrogens with one attached hydrogen (secondary N) is 1. The van der Waals surface area contributed by atoms with Gasteiger partial charge in [-0.05, 0) is 24.6 Å². The molecule has 0 radical (unpaired) electrons. The van der Waals surface area contributed by atoms with E-state index in [2.05, 4.69) is 15.1 Å². The number of hydrogen-bond acceptors (Lipinski definition) is 5. The van der Waals surface area contributed by atoms with Crippen molar-refractivity contribution in [1.29, 1.82) is 0 Å². The normalized spacial score (nSPS) is 11.2. The predicted molar refractivity (Wildman–Crippen MR) is 114 cm³/mol. The summed E-state index contributed by atoms with van der Waals surface area (Å²) in [6.45, 7) is 1.98. The van der Waals surface area contributed by atoms with E-state index in [1.165, 1.54) is 4.52 Å². The number of H-pyrrole nitrogens is 1. The lowest BCUT2D eigenvalue weighted by Gasteiger charge is -2.00. The number of aromatic nitrogens is 5. The van der Waals surface area contributed by atoms with Crippen LogP contribution in [0.3, 0.4) is 0 Å². The van der Waals surface area contributed by atoms with E-state index in [4.69, 9.17) is 4.98 Å². The van der Waals surface area contributed by atoms with Crippen LogP contribution in [-0.2, 0) is 6.42 Å². The van der Waals surface area contributed by atoms with Gasteiger partial charge in [-0.15, -0.1) is 11.3 Å². The van der Waals surface area contributed by atoms with Crippen LogP contribution in [0, 0.1) is 6.92 Å². The van der Waals surface area contributed by atoms with Gasteiger partial charge in [0.1, 0.15) is 5.01 Å². The summed E-state index contributed by atoms with van der Waals surface area (Å²) in [4.78, 5) is 26.2. The second-order valence-electron chi connectivity index (χ2n) is 6.79. The molecule has 0 saturated carbocycles. The van der Waals surface area contributed by atoms with Gasteiger partial charge in [0, 0.05) is 41.4 Å². The number of aromatic amines is 1. The average Bonchev–Trinajstić information content (AvgIpc) is 3.35. The van der Waals surface area contributed by atoms with Crippen molar-refractivity contribution in [1.82, 2.24) is 24.6 Å². The minimum absolute atomic E-state index is 0.127. The van der Waals surface area contributed by atoms with E-state index in [0.29, 0.717) is 17.8 Å². The Morgan fingerprint density at radius 1 is 1.03 bits per heavy atom. The van der Waals surface area contributed by atoms with Crippen LogP contribution in [0.1, 0.15) is 17.0 Å². The molecule has 5 rings (SSSR count). The van der Waals surface area contributed by atoms with E-state index >= 15 is 0 Å². The lowest BCUT2D eigenvalue weighted by Crippen LogP contribution is -2.16. The zero-order valence-corrected chi connectivity index (χ0v) is 16.5. The Morgan fingerprint density at radius 3 is 2.66 bits per heavy atom. The molecule has 0 aliphatic heterocycles. The fourth-order valence-corrected chi connectivity index (χ4v) is 4.18. The molecule has 142 valence electrons. The van der Waals surface area contributed by atoms with E-state index in [9.17, 15) is 4.79 Å². The van der Waals surface area contributed by atoms with Crippen LogP contribution in [0.4, 0.5) is 0 Å². The van der Waals surface area contributed by atoms with Crippen LogP contribution in [0.25, 0.3) is 27.5 Å². The average molecular weight is 399 g/mol. The number of aryl methyl sites for hydroxylation is 1. The summed E-state index contributed by atoms with van der Waals surface area (Å²) in [5.74, 6) is 0. The number of rotatable bonds is 4. The molecule has 5 aromatic rings. The lowest BCUT2D eigenvalue weighted by molar-refractivity contribution is 0.880. The maximum absolute atomic E-state index is 12.7. The minimum Gasteiger partial charge on any atom is -0.289 e. The first-order valence-electron chi connectivity index (χ1n) is 9.20. The molecule has 0 fully saturated rings. The van der Waals surface area contributed by atoms with E-state index in [0.717, 1.165) is 33.1 Å². The molecule has 7 heteroatoms. The summed E-state index contributed by atoms with van der Waals surface area (Å²) in [5.41, 5.74) is 5.98. The van der Waals surface area contributed by atoms with Crippen molar-refractivity contribution in [3.05, 3.63) is 93.6 Å². The van der Waals surface area contributed by atoms with Gasteiger partial charge in [-0.2, -0.15) is 0 Å². The van der Waals surface area contributed by atoms with Crippen molar-refractivity contribution in [3.63, 3.8) is 0 Å². The highest BCUT2D eigenvalue weighted by Gasteiger charge is 2.14. The van der Waals surface area contributed by atoms with Gasteiger partial charge >= 0.3 is 0 Å². The first-order chi connectivity index (χ1) is 14.2. The molecule has 4 aromatic heterocycles. The zero-order valence-electron chi connectivity index (χ0n) is 15.7. The van der Waals surface area contributed by atoms with Crippen molar-refractivity contribution < 1.29 is 0 Å². The molecule has 29 heavy (non-hydrogen) atoms. The highest BCUT2D eigenvalue weighted by molar-refractivity contribution is 7.13. The monoisotopic (exact) mass is 399 g/mol. The molecule has 1 aromatic carbocycles. The lowest BCUT2D eigenvalue weighted by atomic mass is 10.1. The van der Waals surface area contributed by atoms with Crippen LogP contribution in [0.5, 0.6) is 0 Å². The number of hydrogen-bond donors (Lipinski definition) is 1. The van der Waals surface area contributed by atoms with Crippen molar-refractivity contribution in [2.75, 3.05) is 0 Å². The molecule has 0 aliphatic carbocycles. The number of fused-ring (bicyclic) bond motifs is 1. The molecule has 0 spiro atoms. The Morgan fingerprint density at radius 2 is 1.86 bits per heavy atom. The Labute approximate surface area is 170 Å². The van der Waals surface area contributed by atoms with Crippen molar-refractivity contribution in [2.45, 2.75) is 13.3 Å². The summed E-state index contributed by atoms with van der Waals surface area (Å²) in [6.07, 6.45) is 4.05. The van der Waals surface area contributed by atoms with Gasteiger partial charge in [-0.25, -0.2) is 14.5 Å². The molecular formula is C22H17N5OS. The molecule has 6 nitrogen and oxygen atoms in total. The number of nitrogens with zero attached hydrogens (tertiary/aromatic N) is 4. The van der Waals surface area contributed by atoms with E-state index < -0.39 is 0 Å². The third-order valence-electron chi connectivity index (χ3n) is 4.79. The van der Waals surface area contributed by atoms with Crippen LogP contribution in [0.2, 0.25) is 0 Å². The molecule has 0 unspecified atom stereocenters. The first kappa shape index (κ1) is 17.5. The largest absolute Gasteiger partial charge is 0.289 e. The smallest absolute Gasteiger partial charge is 0.272 e. The molecular weight excluding hydrogens is 382 g/mol. The standard InChI is InChI=1S/C22H17N5OS/c1-14-20(15-6-3-2-4-7-15)26-27-19(28)11-17(24-21(14)27)10-18-13-29-22(25-18)16-8-5-9-23-12-16/h2-9,11-13,26H,10H2,1H3. The molecule has 0 aliphatic rings. The topological polar surface area (TPSA) is 75.9 Å². The number of thiazole rings is 1. The molecule has 1 N–H and O–H groups in total. The van der Waals surface area contributed by atoms with Gasteiger partial charge in [-0.1, -0.05) is 30.3 Å². The summed E-state index contributed by atoms with van der Waals surface area (Å²) >= 11 is 1.57. The summed E-state index contributed by atoms with van der Waals surface area (Å²) in [5, 5.41) is 6.10. The third-order valence-corrected chi connectivity index (χ3v) is 5.73. The van der Waals surface area contributed by atoms with E-state index in [1.54, 1.807) is 29.8 Å². The van der Waals surface area contributed by atoms with Gasteiger partial charge in [0.25, 0.3) is 5.56 Å². The Bertz CT molecular complexity index is 1350. The van der Waals surface area contributed by atoms with Gasteiger partial charge in [0.15, 0.2) is 5.65 Å². The Kier molecular flexibility index (Phi) is 4.29. The second kappa shape index (κ2) is 7.10. The van der Waals surface area contributed by atoms with Crippen LogP contribution < -0.4 is 5.56 Å². The first-order valence-corrected chi connectivity index (χ1v) is 10.1. The van der Waals surface area contributed by atoms with E-state index in [-0.39, 0.29) is 5.56 Å². The van der Waals surface area contributed by atoms with Gasteiger partial charge in [0.05, 0.1) is 17.1 Å². The number of benzene rings is 1. The van der Waals surface area contributed by atoms with E-state index in [1.807, 2.05) is 54.8 Å². The fourth-order valence-electron chi connectivity index (χ4n) is 3.37. The van der Waals surface area contributed by atoms with Gasteiger partial charge < -0.3 is 0 Å². The highest BCUT2D eigenvalue weighted by atomic mass is 32.1. The van der Waals surface area contributed by atoms with Crippen molar-refractivity contribution in [3.8, 4) is 21.8 Å². The zero-order chi connectivity index (χ0) is 19.8. The Hall–Kier alpha value is -3.58. The maximum Gasteiger partial charge on any atom is 0.272 e. The maximum atomic E-state index is 12.7. The second-order valence-corrected chi connectivity index (χ2v) is 7.64. The van der Waals surface area contributed by atoms with Crippen LogP contribution >= 0.6 is 11.3 Å². The van der Waals surface area contributed by atoms with Gasteiger partial charge in [-0.3, -0.25) is 14.9 Å².